The van der Waals surface area contributed by atoms with Gasteiger partial charge in [-0.15, -0.1) is 0 Å². The molecule has 0 aliphatic heterocycles. The minimum Gasteiger partial charge on any atom is -0.493 e. The maximum Gasteiger partial charge on any atom is 0.255 e. The zero-order valence-electron chi connectivity index (χ0n) is 14.4. The summed E-state index contributed by atoms with van der Waals surface area (Å²) in [7, 11) is 1.52. The van der Waals surface area contributed by atoms with Crippen LogP contribution in [-0.4, -0.2) is 19.6 Å². The van der Waals surface area contributed by atoms with Crippen molar-refractivity contribution in [3.8, 4) is 11.5 Å². The Morgan fingerprint density at radius 1 is 1.17 bits per heavy atom. The Kier molecular flexibility index (Phi) is 5.79. The Labute approximate surface area is 141 Å². The molecule has 0 bridgehead atoms. The Morgan fingerprint density at radius 2 is 1.92 bits per heavy atom. The molecule has 2 rings (SSSR count). The predicted molar refractivity (Wildman–Crippen MR) is 92.4 cm³/mol. The van der Waals surface area contributed by atoms with Crippen molar-refractivity contribution in [2.24, 2.45) is 5.92 Å². The lowest BCUT2D eigenvalue weighted by Gasteiger charge is -2.13. The Morgan fingerprint density at radius 3 is 2.54 bits per heavy atom. The average Bonchev–Trinajstić information content (AvgIpc) is 2.56. The predicted octanol–water partition coefficient (Wildman–Crippen LogP) is 4.43. The van der Waals surface area contributed by atoms with Crippen molar-refractivity contribution in [2.75, 3.05) is 19.0 Å². The monoisotopic (exact) mass is 331 g/mol. The van der Waals surface area contributed by atoms with Gasteiger partial charge in [0.25, 0.3) is 5.91 Å². The second-order valence-electron chi connectivity index (χ2n) is 5.99. The highest BCUT2D eigenvalue weighted by Gasteiger charge is 2.12. The smallest absolute Gasteiger partial charge is 0.255 e. The summed E-state index contributed by atoms with van der Waals surface area (Å²) in [4.78, 5) is 12.3. The molecule has 5 heteroatoms. The Balaban J connectivity index is 2.15. The molecule has 0 aromatic heterocycles. The summed E-state index contributed by atoms with van der Waals surface area (Å²) < 4.78 is 24.5. The van der Waals surface area contributed by atoms with Crippen molar-refractivity contribution in [2.45, 2.75) is 20.8 Å². The largest absolute Gasteiger partial charge is 0.493 e. The van der Waals surface area contributed by atoms with E-state index in [9.17, 15) is 9.18 Å². The van der Waals surface area contributed by atoms with Crippen LogP contribution in [0.15, 0.2) is 36.4 Å². The van der Waals surface area contributed by atoms with E-state index in [0.29, 0.717) is 40.8 Å². The number of methoxy groups -OCH3 is 1. The van der Waals surface area contributed by atoms with Gasteiger partial charge in [0.05, 0.1) is 13.7 Å². The van der Waals surface area contributed by atoms with E-state index in [-0.39, 0.29) is 11.7 Å². The van der Waals surface area contributed by atoms with Crippen LogP contribution in [0.2, 0.25) is 0 Å². The number of hydrogen-bond acceptors (Lipinski definition) is 3. The zero-order chi connectivity index (χ0) is 17.7. The van der Waals surface area contributed by atoms with Crippen molar-refractivity contribution in [1.82, 2.24) is 0 Å². The lowest BCUT2D eigenvalue weighted by molar-refractivity contribution is 0.102. The highest BCUT2D eigenvalue weighted by molar-refractivity contribution is 6.04. The fraction of sp³-hybridized carbons (Fsp3) is 0.316. The van der Waals surface area contributed by atoms with Gasteiger partial charge in [0, 0.05) is 11.3 Å². The molecule has 0 heterocycles. The van der Waals surface area contributed by atoms with Gasteiger partial charge in [-0.05, 0) is 48.7 Å². The van der Waals surface area contributed by atoms with E-state index in [1.165, 1.54) is 13.2 Å². The number of benzene rings is 2. The van der Waals surface area contributed by atoms with Crippen LogP contribution >= 0.6 is 0 Å². The number of nitrogens with one attached hydrogen (secondary N) is 1. The first-order chi connectivity index (χ1) is 11.4. The molecule has 0 aliphatic carbocycles. The Hall–Kier alpha value is -2.56. The number of ether oxygens (including phenoxy) is 2. The molecule has 1 N–H and O–H groups in total. The molecule has 0 saturated heterocycles. The van der Waals surface area contributed by atoms with E-state index in [2.05, 4.69) is 19.2 Å². The maximum absolute atomic E-state index is 13.6. The lowest BCUT2D eigenvalue weighted by Crippen LogP contribution is -2.13. The maximum atomic E-state index is 13.6. The minimum atomic E-state index is -0.359. The number of halogens is 1. The summed E-state index contributed by atoms with van der Waals surface area (Å²) in [5.74, 6) is 0.756. The van der Waals surface area contributed by atoms with Gasteiger partial charge >= 0.3 is 0 Å². The topological polar surface area (TPSA) is 47.6 Å². The standard InChI is InChI=1S/C19H22FNO3/c1-12(2)11-24-17-8-6-14(9-18(17)23-4)19(22)21-15-7-5-13(3)16(20)10-15/h5-10,12H,11H2,1-4H3,(H,21,22). The van der Waals surface area contributed by atoms with Crippen LogP contribution in [0, 0.1) is 18.7 Å². The number of hydrogen-bond donors (Lipinski definition) is 1. The first kappa shape index (κ1) is 17.8. The molecule has 0 radical (unpaired) electrons. The first-order valence-electron chi connectivity index (χ1n) is 7.79. The van der Waals surface area contributed by atoms with Gasteiger partial charge in [0.2, 0.25) is 0 Å². The van der Waals surface area contributed by atoms with E-state index in [4.69, 9.17) is 9.47 Å². The lowest BCUT2D eigenvalue weighted by atomic mass is 10.1. The van der Waals surface area contributed by atoms with Crippen LogP contribution in [-0.2, 0) is 0 Å². The van der Waals surface area contributed by atoms with Crippen molar-refractivity contribution in [1.29, 1.82) is 0 Å². The number of anilines is 1. The molecule has 2 aromatic carbocycles. The molecule has 2 aromatic rings. The third-order valence-corrected chi connectivity index (χ3v) is 3.43. The number of aryl methyl sites for hydroxylation is 1. The second-order valence-corrected chi connectivity index (χ2v) is 5.99. The molecule has 4 nitrogen and oxygen atoms in total. The highest BCUT2D eigenvalue weighted by Crippen LogP contribution is 2.29. The van der Waals surface area contributed by atoms with Crippen LogP contribution in [0.5, 0.6) is 11.5 Å². The van der Waals surface area contributed by atoms with Gasteiger partial charge in [0.15, 0.2) is 11.5 Å². The molecule has 0 fully saturated rings. The summed E-state index contributed by atoms with van der Waals surface area (Å²) in [6, 6.07) is 9.53. The summed E-state index contributed by atoms with van der Waals surface area (Å²) in [6.45, 7) is 6.33. The van der Waals surface area contributed by atoms with Crippen molar-refractivity contribution >= 4 is 11.6 Å². The first-order valence-corrected chi connectivity index (χ1v) is 7.79. The van der Waals surface area contributed by atoms with E-state index >= 15 is 0 Å². The van der Waals surface area contributed by atoms with Gasteiger partial charge in [0.1, 0.15) is 5.82 Å². The van der Waals surface area contributed by atoms with Crippen LogP contribution in [0.25, 0.3) is 0 Å². The molecule has 0 spiro atoms. The third kappa shape index (κ3) is 4.47. The third-order valence-electron chi connectivity index (χ3n) is 3.43. The molecule has 0 aliphatic rings. The fourth-order valence-electron chi connectivity index (χ4n) is 2.06. The number of carbonyl (C=O) groups is 1. The van der Waals surface area contributed by atoms with Gasteiger partial charge in [-0.2, -0.15) is 0 Å². The molecule has 24 heavy (non-hydrogen) atoms. The van der Waals surface area contributed by atoms with Crippen molar-refractivity contribution in [3.63, 3.8) is 0 Å². The summed E-state index contributed by atoms with van der Waals surface area (Å²) in [6.07, 6.45) is 0. The van der Waals surface area contributed by atoms with E-state index in [1.54, 1.807) is 37.3 Å². The average molecular weight is 331 g/mol. The summed E-state index contributed by atoms with van der Waals surface area (Å²) in [5.41, 5.74) is 1.34. The van der Waals surface area contributed by atoms with Gasteiger partial charge in [-0.1, -0.05) is 19.9 Å². The Bertz CT molecular complexity index is 729. The molecular weight excluding hydrogens is 309 g/mol. The summed E-state index contributed by atoms with van der Waals surface area (Å²) in [5, 5.41) is 2.67. The van der Waals surface area contributed by atoms with E-state index in [1.807, 2.05) is 0 Å². The van der Waals surface area contributed by atoms with Crippen LogP contribution in [0.4, 0.5) is 10.1 Å². The zero-order valence-corrected chi connectivity index (χ0v) is 14.4. The van der Waals surface area contributed by atoms with Gasteiger partial charge < -0.3 is 14.8 Å². The van der Waals surface area contributed by atoms with Crippen LogP contribution < -0.4 is 14.8 Å². The van der Waals surface area contributed by atoms with Crippen molar-refractivity contribution < 1.29 is 18.7 Å². The molecular formula is C19H22FNO3. The fourth-order valence-corrected chi connectivity index (χ4v) is 2.06. The second kappa shape index (κ2) is 7.81. The van der Waals surface area contributed by atoms with E-state index in [0.717, 1.165) is 0 Å². The molecule has 128 valence electrons. The number of rotatable bonds is 6. The van der Waals surface area contributed by atoms with Crippen molar-refractivity contribution in [3.05, 3.63) is 53.3 Å². The quantitative estimate of drug-likeness (QED) is 0.852. The highest BCUT2D eigenvalue weighted by atomic mass is 19.1. The molecule has 1 amide bonds. The number of amides is 1. The molecule has 0 saturated carbocycles. The van der Waals surface area contributed by atoms with Crippen LogP contribution in [0.1, 0.15) is 29.8 Å². The molecule has 0 unspecified atom stereocenters. The van der Waals surface area contributed by atoms with Crippen LogP contribution in [0.3, 0.4) is 0 Å². The minimum absolute atomic E-state index is 0.341. The normalized spacial score (nSPS) is 10.6. The van der Waals surface area contributed by atoms with E-state index < -0.39 is 0 Å². The van der Waals surface area contributed by atoms with Gasteiger partial charge in [-0.25, -0.2) is 4.39 Å². The SMILES string of the molecule is COc1cc(C(=O)Nc2ccc(C)c(F)c2)ccc1OCC(C)C. The number of carbonyl (C=O) groups excluding carboxylic acids is 1. The molecule has 0 atom stereocenters. The summed E-state index contributed by atoms with van der Waals surface area (Å²) >= 11 is 0. The van der Waals surface area contributed by atoms with Gasteiger partial charge in [-0.3, -0.25) is 4.79 Å².